The summed E-state index contributed by atoms with van der Waals surface area (Å²) in [7, 11) is 1.57. The van der Waals surface area contributed by atoms with Gasteiger partial charge in [0.25, 0.3) is 0 Å². The Morgan fingerprint density at radius 1 is 0.957 bits per heavy atom. The molecule has 2 rings (SSSR count). The summed E-state index contributed by atoms with van der Waals surface area (Å²) in [5.41, 5.74) is 1.63. The van der Waals surface area contributed by atoms with Crippen LogP contribution in [0, 0.1) is 0 Å². The first-order chi connectivity index (χ1) is 11.2. The lowest BCUT2D eigenvalue weighted by Crippen LogP contribution is -2.39. The molecule has 0 fully saturated rings. The third-order valence-corrected chi connectivity index (χ3v) is 3.08. The van der Waals surface area contributed by atoms with Crippen molar-refractivity contribution in [2.45, 2.75) is 6.54 Å². The Hall–Kier alpha value is -3.02. The van der Waals surface area contributed by atoms with Crippen molar-refractivity contribution in [3.63, 3.8) is 0 Å². The molecule has 23 heavy (non-hydrogen) atoms. The van der Waals surface area contributed by atoms with Gasteiger partial charge in [-0.2, -0.15) is 0 Å². The Labute approximate surface area is 134 Å². The molecule has 0 atom stereocenters. The maximum Gasteiger partial charge on any atom is 0.315 e. The van der Waals surface area contributed by atoms with Gasteiger partial charge in [0, 0.05) is 12.2 Å². The van der Waals surface area contributed by atoms with Crippen LogP contribution in [0.4, 0.5) is 10.5 Å². The van der Waals surface area contributed by atoms with Crippen LogP contribution >= 0.6 is 0 Å². The Bertz CT molecular complexity index is 642. The van der Waals surface area contributed by atoms with Crippen LogP contribution in [0.3, 0.4) is 0 Å². The minimum Gasteiger partial charge on any atom is -0.497 e. The zero-order chi connectivity index (χ0) is 16.5. The summed E-state index contributed by atoms with van der Waals surface area (Å²) >= 11 is 0. The van der Waals surface area contributed by atoms with Crippen LogP contribution in [-0.2, 0) is 11.3 Å². The van der Waals surface area contributed by atoms with Crippen molar-refractivity contribution >= 4 is 17.6 Å². The number of urea groups is 1. The fourth-order valence-corrected chi connectivity index (χ4v) is 1.88. The lowest BCUT2D eigenvalue weighted by atomic mass is 10.2. The molecule has 0 aliphatic rings. The fraction of sp³-hybridized carbons (Fsp3) is 0.176. The minimum absolute atomic E-state index is 0.105. The third-order valence-electron chi connectivity index (χ3n) is 3.08. The number of methoxy groups -OCH3 is 1. The fourth-order valence-electron chi connectivity index (χ4n) is 1.88. The standard InChI is InChI=1S/C17H19N3O3/c1-23-15-9-7-14(8-10-15)20-16(21)12-19-17(22)18-11-13-5-3-2-4-6-13/h2-10H,11-12H2,1H3,(H,20,21)(H2,18,19,22). The summed E-state index contributed by atoms with van der Waals surface area (Å²) in [5, 5.41) is 7.88. The van der Waals surface area contributed by atoms with E-state index >= 15 is 0 Å². The van der Waals surface area contributed by atoms with E-state index in [1.807, 2.05) is 30.3 Å². The maximum absolute atomic E-state index is 11.8. The summed E-state index contributed by atoms with van der Waals surface area (Å²) in [6.45, 7) is 0.305. The van der Waals surface area contributed by atoms with Crippen molar-refractivity contribution in [1.29, 1.82) is 0 Å². The maximum atomic E-state index is 11.8. The molecule has 0 spiro atoms. The van der Waals surface area contributed by atoms with E-state index in [9.17, 15) is 9.59 Å². The second kappa shape index (κ2) is 8.43. The van der Waals surface area contributed by atoms with Crippen molar-refractivity contribution in [3.8, 4) is 5.75 Å². The number of hydrogen-bond acceptors (Lipinski definition) is 3. The van der Waals surface area contributed by atoms with E-state index in [2.05, 4.69) is 16.0 Å². The number of rotatable bonds is 6. The number of amides is 3. The van der Waals surface area contributed by atoms with E-state index in [4.69, 9.17) is 4.74 Å². The van der Waals surface area contributed by atoms with Gasteiger partial charge in [-0.3, -0.25) is 4.79 Å². The Morgan fingerprint density at radius 3 is 2.30 bits per heavy atom. The van der Waals surface area contributed by atoms with Crippen molar-refractivity contribution in [3.05, 3.63) is 60.2 Å². The monoisotopic (exact) mass is 313 g/mol. The Morgan fingerprint density at radius 2 is 1.65 bits per heavy atom. The predicted molar refractivity (Wildman–Crippen MR) is 88.3 cm³/mol. The van der Waals surface area contributed by atoms with E-state index in [0.29, 0.717) is 18.0 Å². The van der Waals surface area contributed by atoms with Gasteiger partial charge in [0.2, 0.25) is 5.91 Å². The number of anilines is 1. The Kier molecular flexibility index (Phi) is 5.99. The largest absolute Gasteiger partial charge is 0.497 e. The first-order valence-electron chi connectivity index (χ1n) is 7.17. The van der Waals surface area contributed by atoms with E-state index in [1.165, 1.54) is 0 Å². The number of hydrogen-bond donors (Lipinski definition) is 3. The number of ether oxygens (including phenoxy) is 1. The average Bonchev–Trinajstić information content (AvgIpc) is 2.60. The predicted octanol–water partition coefficient (Wildman–Crippen LogP) is 2.13. The summed E-state index contributed by atoms with van der Waals surface area (Å²) in [6, 6.07) is 16.1. The summed E-state index contributed by atoms with van der Waals surface area (Å²) in [4.78, 5) is 23.4. The lowest BCUT2D eigenvalue weighted by molar-refractivity contribution is -0.115. The lowest BCUT2D eigenvalue weighted by Gasteiger charge is -2.09. The van der Waals surface area contributed by atoms with Gasteiger partial charge in [-0.05, 0) is 29.8 Å². The molecule has 0 radical (unpaired) electrons. The van der Waals surface area contributed by atoms with Crippen LogP contribution in [-0.4, -0.2) is 25.6 Å². The van der Waals surface area contributed by atoms with E-state index in [-0.39, 0.29) is 12.5 Å². The van der Waals surface area contributed by atoms with E-state index in [0.717, 1.165) is 5.56 Å². The highest BCUT2D eigenvalue weighted by Gasteiger charge is 2.05. The summed E-state index contributed by atoms with van der Waals surface area (Å²) < 4.78 is 5.04. The quantitative estimate of drug-likeness (QED) is 0.764. The molecule has 0 aliphatic carbocycles. The molecular formula is C17H19N3O3. The molecule has 0 aromatic heterocycles. The molecule has 0 heterocycles. The second-order valence-electron chi connectivity index (χ2n) is 4.80. The van der Waals surface area contributed by atoms with Gasteiger partial charge in [0.05, 0.1) is 13.7 Å². The van der Waals surface area contributed by atoms with Crippen LogP contribution in [0.2, 0.25) is 0 Å². The normalized spacial score (nSPS) is 9.78. The number of carbonyl (C=O) groups is 2. The van der Waals surface area contributed by atoms with Crippen LogP contribution in [0.25, 0.3) is 0 Å². The molecule has 3 N–H and O–H groups in total. The van der Waals surface area contributed by atoms with Crippen LogP contribution in [0.5, 0.6) is 5.75 Å². The van der Waals surface area contributed by atoms with Gasteiger partial charge < -0.3 is 20.7 Å². The molecular weight excluding hydrogens is 294 g/mol. The first kappa shape index (κ1) is 16.4. The number of nitrogens with one attached hydrogen (secondary N) is 3. The van der Waals surface area contributed by atoms with Gasteiger partial charge in [0.15, 0.2) is 0 Å². The number of benzene rings is 2. The van der Waals surface area contributed by atoms with Crippen LogP contribution in [0.15, 0.2) is 54.6 Å². The average molecular weight is 313 g/mol. The zero-order valence-corrected chi connectivity index (χ0v) is 12.8. The summed E-state index contributed by atoms with van der Waals surface area (Å²) in [5.74, 6) is 0.409. The van der Waals surface area contributed by atoms with E-state index in [1.54, 1.807) is 31.4 Å². The summed E-state index contributed by atoms with van der Waals surface area (Å²) in [6.07, 6.45) is 0. The van der Waals surface area contributed by atoms with Crippen molar-refractivity contribution < 1.29 is 14.3 Å². The molecule has 0 saturated heterocycles. The molecule has 3 amide bonds. The molecule has 0 bridgehead atoms. The topological polar surface area (TPSA) is 79.5 Å². The van der Waals surface area contributed by atoms with E-state index < -0.39 is 6.03 Å². The zero-order valence-electron chi connectivity index (χ0n) is 12.8. The highest BCUT2D eigenvalue weighted by molar-refractivity contribution is 5.94. The number of carbonyl (C=O) groups excluding carboxylic acids is 2. The first-order valence-corrected chi connectivity index (χ1v) is 7.17. The van der Waals surface area contributed by atoms with Gasteiger partial charge in [-0.15, -0.1) is 0 Å². The van der Waals surface area contributed by atoms with Crippen LogP contribution < -0.4 is 20.7 Å². The highest BCUT2D eigenvalue weighted by Crippen LogP contribution is 2.14. The van der Waals surface area contributed by atoms with Gasteiger partial charge >= 0.3 is 6.03 Å². The van der Waals surface area contributed by atoms with Crippen molar-refractivity contribution in [2.75, 3.05) is 19.0 Å². The third kappa shape index (κ3) is 5.70. The Balaban J connectivity index is 1.69. The molecule has 0 unspecified atom stereocenters. The highest BCUT2D eigenvalue weighted by atomic mass is 16.5. The molecule has 6 nitrogen and oxygen atoms in total. The smallest absolute Gasteiger partial charge is 0.315 e. The second-order valence-corrected chi connectivity index (χ2v) is 4.80. The molecule has 2 aromatic carbocycles. The van der Waals surface area contributed by atoms with Gasteiger partial charge in [-0.25, -0.2) is 4.79 Å². The van der Waals surface area contributed by atoms with Crippen molar-refractivity contribution in [2.24, 2.45) is 0 Å². The molecule has 2 aromatic rings. The molecule has 120 valence electrons. The molecule has 0 saturated carbocycles. The van der Waals surface area contributed by atoms with Gasteiger partial charge in [-0.1, -0.05) is 30.3 Å². The van der Waals surface area contributed by atoms with Gasteiger partial charge in [0.1, 0.15) is 5.75 Å². The molecule has 6 heteroatoms. The van der Waals surface area contributed by atoms with Crippen LogP contribution in [0.1, 0.15) is 5.56 Å². The SMILES string of the molecule is COc1ccc(NC(=O)CNC(=O)NCc2ccccc2)cc1. The molecule has 0 aliphatic heterocycles. The minimum atomic E-state index is -0.390. The van der Waals surface area contributed by atoms with Crippen molar-refractivity contribution in [1.82, 2.24) is 10.6 Å².